The van der Waals surface area contributed by atoms with E-state index in [1.807, 2.05) is 23.6 Å². The van der Waals surface area contributed by atoms with Crippen LogP contribution in [0.5, 0.6) is 0 Å². The third-order valence-electron chi connectivity index (χ3n) is 3.94. The van der Waals surface area contributed by atoms with Crippen molar-refractivity contribution in [3.8, 4) is 0 Å². The summed E-state index contributed by atoms with van der Waals surface area (Å²) in [5.74, 6) is 0.207. The molecule has 1 heterocycles. The van der Waals surface area contributed by atoms with Crippen molar-refractivity contribution >= 4 is 17.7 Å². The summed E-state index contributed by atoms with van der Waals surface area (Å²) in [6.07, 6.45) is 0. The molecule has 21 heavy (non-hydrogen) atoms. The van der Waals surface area contributed by atoms with Gasteiger partial charge in [0, 0.05) is 36.3 Å². The van der Waals surface area contributed by atoms with Crippen LogP contribution in [0.3, 0.4) is 0 Å². The first kappa shape index (κ1) is 16.4. The maximum Gasteiger partial charge on any atom is 0.229 e. The van der Waals surface area contributed by atoms with Crippen LogP contribution in [0.1, 0.15) is 32.3 Å². The third-order valence-corrected chi connectivity index (χ3v) is 4.95. The Kier molecular flexibility index (Phi) is 5.71. The van der Waals surface area contributed by atoms with Gasteiger partial charge in [0.25, 0.3) is 0 Å². The Balaban J connectivity index is 1.98. The van der Waals surface area contributed by atoms with Gasteiger partial charge in [0.05, 0.1) is 5.92 Å². The minimum Gasteiger partial charge on any atom is -0.340 e. The molecule has 1 saturated heterocycles. The zero-order chi connectivity index (χ0) is 15.4. The van der Waals surface area contributed by atoms with Crippen molar-refractivity contribution in [3.05, 3.63) is 29.8 Å². The Morgan fingerprint density at radius 2 is 1.62 bits per heavy atom. The highest BCUT2D eigenvalue weighted by Gasteiger charge is 2.24. The lowest BCUT2D eigenvalue weighted by Crippen LogP contribution is -2.48. The lowest BCUT2D eigenvalue weighted by Gasteiger charge is -2.34. The van der Waals surface area contributed by atoms with E-state index < -0.39 is 0 Å². The summed E-state index contributed by atoms with van der Waals surface area (Å²) in [5, 5.41) is 0.584. The highest BCUT2D eigenvalue weighted by Crippen LogP contribution is 2.26. The zero-order valence-corrected chi connectivity index (χ0v) is 14.3. The molecule has 4 heteroatoms. The van der Waals surface area contributed by atoms with Gasteiger partial charge in [-0.2, -0.15) is 0 Å². The van der Waals surface area contributed by atoms with Crippen molar-refractivity contribution in [2.75, 3.05) is 33.2 Å². The van der Waals surface area contributed by atoms with Crippen LogP contribution in [0, 0.1) is 0 Å². The number of thioether (sulfide) groups is 1. The van der Waals surface area contributed by atoms with Gasteiger partial charge in [-0.15, -0.1) is 11.8 Å². The number of carbonyl (C=O) groups excluding carboxylic acids is 1. The third kappa shape index (κ3) is 4.48. The molecule has 0 saturated carbocycles. The summed E-state index contributed by atoms with van der Waals surface area (Å²) in [6.45, 7) is 10.0. The van der Waals surface area contributed by atoms with Crippen molar-refractivity contribution < 1.29 is 4.79 Å². The van der Waals surface area contributed by atoms with Crippen LogP contribution in [0.15, 0.2) is 29.2 Å². The maximum absolute atomic E-state index is 12.6. The van der Waals surface area contributed by atoms with Gasteiger partial charge in [-0.25, -0.2) is 0 Å². The predicted octanol–water partition coefficient (Wildman–Crippen LogP) is 3.06. The number of nitrogens with zero attached hydrogens (tertiary/aromatic N) is 2. The van der Waals surface area contributed by atoms with Crippen LogP contribution in [0.25, 0.3) is 0 Å². The highest BCUT2D eigenvalue weighted by atomic mass is 32.2. The van der Waals surface area contributed by atoms with Crippen LogP contribution in [0.4, 0.5) is 0 Å². The fraction of sp³-hybridized carbons (Fsp3) is 0.588. The summed E-state index contributed by atoms with van der Waals surface area (Å²) >= 11 is 1.85. The Hall–Kier alpha value is -1.00. The molecule has 3 nitrogen and oxygen atoms in total. The smallest absolute Gasteiger partial charge is 0.229 e. The number of hydrogen-bond donors (Lipinski definition) is 0. The number of likely N-dealkylation sites (N-methyl/N-ethyl adjacent to an activating group) is 1. The maximum atomic E-state index is 12.6. The fourth-order valence-electron chi connectivity index (χ4n) is 2.55. The SMILES string of the molecule is CC(C)Sc1ccc([C@@H](C)C(=O)N2CCN(C)CC2)cc1. The van der Waals surface area contributed by atoms with Gasteiger partial charge >= 0.3 is 0 Å². The molecule has 1 amide bonds. The molecule has 0 aromatic heterocycles. The van der Waals surface area contributed by atoms with Gasteiger partial charge in [0.15, 0.2) is 0 Å². The van der Waals surface area contributed by atoms with Gasteiger partial charge in [-0.05, 0) is 31.7 Å². The molecule has 1 atom stereocenters. The predicted molar refractivity (Wildman–Crippen MR) is 89.9 cm³/mol. The first-order chi connectivity index (χ1) is 9.97. The molecule has 1 aliphatic heterocycles. The fourth-order valence-corrected chi connectivity index (χ4v) is 3.39. The Morgan fingerprint density at radius 1 is 1.05 bits per heavy atom. The van der Waals surface area contributed by atoms with E-state index in [4.69, 9.17) is 0 Å². The first-order valence-electron chi connectivity index (χ1n) is 7.71. The average Bonchev–Trinajstić information content (AvgIpc) is 2.47. The van der Waals surface area contributed by atoms with Crippen molar-refractivity contribution in [1.82, 2.24) is 9.80 Å². The minimum atomic E-state index is -0.0495. The highest BCUT2D eigenvalue weighted by molar-refractivity contribution is 7.99. The zero-order valence-electron chi connectivity index (χ0n) is 13.5. The van der Waals surface area contributed by atoms with Crippen LogP contribution in [-0.2, 0) is 4.79 Å². The van der Waals surface area contributed by atoms with Crippen molar-refractivity contribution in [3.63, 3.8) is 0 Å². The van der Waals surface area contributed by atoms with E-state index in [-0.39, 0.29) is 11.8 Å². The Labute approximate surface area is 132 Å². The quantitative estimate of drug-likeness (QED) is 0.799. The molecule has 0 unspecified atom stereocenters. The number of hydrogen-bond acceptors (Lipinski definition) is 3. The molecule has 1 fully saturated rings. The second kappa shape index (κ2) is 7.32. The van der Waals surface area contributed by atoms with Crippen molar-refractivity contribution in [2.24, 2.45) is 0 Å². The number of rotatable bonds is 4. The molecule has 0 spiro atoms. The van der Waals surface area contributed by atoms with Gasteiger partial charge in [-0.3, -0.25) is 4.79 Å². The summed E-state index contributed by atoms with van der Waals surface area (Å²) in [5.41, 5.74) is 1.12. The summed E-state index contributed by atoms with van der Waals surface area (Å²) in [4.78, 5) is 18.1. The molecule has 0 N–H and O–H groups in total. The van der Waals surface area contributed by atoms with E-state index in [1.54, 1.807) is 0 Å². The minimum absolute atomic E-state index is 0.0495. The Bertz CT molecular complexity index is 464. The van der Waals surface area contributed by atoms with E-state index in [1.165, 1.54) is 4.90 Å². The number of carbonyl (C=O) groups is 1. The van der Waals surface area contributed by atoms with Gasteiger partial charge in [0.2, 0.25) is 5.91 Å². The first-order valence-corrected chi connectivity index (χ1v) is 8.59. The van der Waals surface area contributed by atoms with E-state index in [9.17, 15) is 4.79 Å². The van der Waals surface area contributed by atoms with E-state index in [0.29, 0.717) is 5.25 Å². The van der Waals surface area contributed by atoms with Crippen LogP contribution < -0.4 is 0 Å². The molecule has 0 aliphatic carbocycles. The van der Waals surface area contributed by atoms with E-state index >= 15 is 0 Å². The van der Waals surface area contributed by atoms with Gasteiger partial charge < -0.3 is 9.80 Å². The molecule has 0 radical (unpaired) electrons. The van der Waals surface area contributed by atoms with E-state index in [0.717, 1.165) is 31.7 Å². The average molecular weight is 306 g/mol. The standard InChI is InChI=1S/C17H26N2OS/c1-13(2)21-16-7-5-15(6-8-16)14(3)17(20)19-11-9-18(4)10-12-19/h5-8,13-14H,9-12H2,1-4H3/t14-/m1/s1. The molecule has 1 aromatic rings. The largest absolute Gasteiger partial charge is 0.340 e. The Morgan fingerprint density at radius 3 is 2.14 bits per heavy atom. The van der Waals surface area contributed by atoms with E-state index in [2.05, 4.69) is 50.1 Å². The molecule has 2 rings (SSSR count). The molecule has 1 aromatic carbocycles. The number of benzene rings is 1. The van der Waals surface area contributed by atoms with Gasteiger partial charge in [0.1, 0.15) is 0 Å². The topological polar surface area (TPSA) is 23.6 Å². The normalized spacial score (nSPS) is 18.0. The molecule has 1 aliphatic rings. The number of piperazine rings is 1. The van der Waals surface area contributed by atoms with Crippen LogP contribution >= 0.6 is 11.8 Å². The molecule has 0 bridgehead atoms. The summed E-state index contributed by atoms with van der Waals surface area (Å²) < 4.78 is 0. The molecule has 116 valence electrons. The number of amides is 1. The summed E-state index contributed by atoms with van der Waals surface area (Å²) in [6, 6.07) is 8.47. The molecular formula is C17H26N2OS. The van der Waals surface area contributed by atoms with Crippen LogP contribution in [0.2, 0.25) is 0 Å². The second-order valence-corrected chi connectivity index (χ2v) is 7.74. The van der Waals surface area contributed by atoms with Gasteiger partial charge in [-0.1, -0.05) is 26.0 Å². The molecular weight excluding hydrogens is 280 g/mol. The monoisotopic (exact) mass is 306 g/mol. The van der Waals surface area contributed by atoms with Crippen LogP contribution in [-0.4, -0.2) is 54.2 Å². The second-order valence-electron chi connectivity index (χ2n) is 6.09. The van der Waals surface area contributed by atoms with Crippen molar-refractivity contribution in [1.29, 1.82) is 0 Å². The summed E-state index contributed by atoms with van der Waals surface area (Å²) in [7, 11) is 2.11. The lowest BCUT2D eigenvalue weighted by molar-refractivity contribution is -0.134. The lowest BCUT2D eigenvalue weighted by atomic mass is 9.99. The van der Waals surface area contributed by atoms with Crippen molar-refractivity contribution in [2.45, 2.75) is 36.8 Å².